The first-order chi connectivity index (χ1) is 18.7. The number of aromatic nitrogens is 4. The summed E-state index contributed by atoms with van der Waals surface area (Å²) in [5.74, 6) is -1.64. The van der Waals surface area contributed by atoms with Gasteiger partial charge in [-0.3, -0.25) is 9.59 Å². The van der Waals surface area contributed by atoms with E-state index in [0.29, 0.717) is 0 Å². The maximum Gasteiger partial charge on any atom is 0.332 e. The summed E-state index contributed by atoms with van der Waals surface area (Å²) in [5.41, 5.74) is -0.915. The van der Waals surface area contributed by atoms with Gasteiger partial charge in [-0.15, -0.1) is 0 Å². The number of benzene rings is 2. The van der Waals surface area contributed by atoms with Crippen LogP contribution in [0, 0.1) is 5.82 Å². The minimum absolute atomic E-state index is 0.0130. The quantitative estimate of drug-likeness (QED) is 0.281. The molecule has 2 N–H and O–H groups in total. The Labute approximate surface area is 224 Å². The summed E-state index contributed by atoms with van der Waals surface area (Å²) < 4.78 is 45.7. The molecule has 0 saturated carbocycles. The van der Waals surface area contributed by atoms with E-state index in [0.717, 1.165) is 4.57 Å². The van der Waals surface area contributed by atoms with Crippen molar-refractivity contribution in [1.82, 2.24) is 24.8 Å². The molecule has 0 atom stereocenters. The molecule has 39 heavy (non-hydrogen) atoms. The number of hydrogen-bond donors (Lipinski definition) is 2. The molecule has 0 spiro atoms. The number of halogens is 3. The second-order valence-corrected chi connectivity index (χ2v) is 8.47. The Morgan fingerprint density at radius 3 is 2.56 bits per heavy atom. The molecule has 0 unspecified atom stereocenters. The number of alkyl halides is 1. The van der Waals surface area contributed by atoms with Crippen molar-refractivity contribution in [3.05, 3.63) is 68.7 Å². The lowest BCUT2D eigenvalue weighted by Crippen LogP contribution is -2.25. The number of Topliss-reactive ketones (excluding diaryl/α,β-unsaturated/α-hetero) is 1. The van der Waals surface area contributed by atoms with Crippen LogP contribution >= 0.6 is 11.6 Å². The van der Waals surface area contributed by atoms with E-state index in [4.69, 9.17) is 25.8 Å². The van der Waals surface area contributed by atoms with Gasteiger partial charge in [-0.25, -0.2) is 28.1 Å². The second-order valence-electron chi connectivity index (χ2n) is 8.06. The van der Waals surface area contributed by atoms with Gasteiger partial charge in [0.05, 0.1) is 23.4 Å². The number of methoxy groups -OCH3 is 1. The van der Waals surface area contributed by atoms with E-state index in [-0.39, 0.29) is 62.8 Å². The zero-order valence-electron chi connectivity index (χ0n) is 20.9. The predicted octanol–water partition coefficient (Wildman–Crippen LogP) is 3.29. The number of likely N-dealkylation sites (N-methyl/N-ethyl adjacent to an activating group) is 1. The molecule has 0 bridgehead atoms. The number of imidazole rings is 1. The molecule has 4 rings (SSSR count). The lowest BCUT2D eigenvalue weighted by atomic mass is 10.2. The van der Waals surface area contributed by atoms with Crippen molar-refractivity contribution in [3.8, 4) is 22.9 Å². The van der Waals surface area contributed by atoms with Crippen molar-refractivity contribution in [3.63, 3.8) is 0 Å². The first kappa shape index (κ1) is 27.5. The first-order valence-corrected chi connectivity index (χ1v) is 11.8. The van der Waals surface area contributed by atoms with Crippen LogP contribution in [-0.4, -0.2) is 52.0 Å². The van der Waals surface area contributed by atoms with Gasteiger partial charge in [-0.05, 0) is 12.1 Å². The molecule has 0 aliphatic heterocycles. The van der Waals surface area contributed by atoms with Crippen molar-refractivity contribution in [2.24, 2.45) is 0 Å². The van der Waals surface area contributed by atoms with Crippen molar-refractivity contribution in [2.75, 3.05) is 20.8 Å². The Hall–Kier alpha value is -4.52. The van der Waals surface area contributed by atoms with Gasteiger partial charge >= 0.3 is 5.69 Å². The Morgan fingerprint density at radius 2 is 1.90 bits per heavy atom. The summed E-state index contributed by atoms with van der Waals surface area (Å²) in [6.45, 7) is -0.589. The van der Waals surface area contributed by atoms with Crippen molar-refractivity contribution in [1.29, 1.82) is 0 Å². The summed E-state index contributed by atoms with van der Waals surface area (Å²) in [5, 5.41) is 2.37. The predicted molar refractivity (Wildman–Crippen MR) is 136 cm³/mol. The summed E-state index contributed by atoms with van der Waals surface area (Å²) in [6, 6.07) is 6.87. The maximum atomic E-state index is 14.5. The SMILES string of the molecule is CNC(=O)COc1cc(Cl)c(-n2c(=O)[nH]c3c(C(C)=O)nc(CF)nc32)cc1OCc1c(F)cccc1OC. The Morgan fingerprint density at radius 1 is 1.15 bits per heavy atom. The molecule has 0 radical (unpaired) electrons. The van der Waals surface area contributed by atoms with E-state index in [2.05, 4.69) is 20.3 Å². The third-order valence-corrected chi connectivity index (χ3v) is 5.90. The normalized spacial score (nSPS) is 10.9. The van der Waals surface area contributed by atoms with E-state index in [1.54, 1.807) is 6.07 Å². The van der Waals surface area contributed by atoms with Crippen LogP contribution < -0.4 is 25.2 Å². The van der Waals surface area contributed by atoms with E-state index in [9.17, 15) is 23.2 Å². The lowest BCUT2D eigenvalue weighted by molar-refractivity contribution is -0.122. The number of ketones is 1. The van der Waals surface area contributed by atoms with Crippen LogP contribution in [-0.2, 0) is 18.1 Å². The van der Waals surface area contributed by atoms with Crippen LogP contribution in [0.3, 0.4) is 0 Å². The fourth-order valence-electron chi connectivity index (χ4n) is 3.72. The highest BCUT2D eigenvalue weighted by molar-refractivity contribution is 6.32. The van der Waals surface area contributed by atoms with Gasteiger partial charge in [-0.2, -0.15) is 0 Å². The molecule has 4 aromatic rings. The third kappa shape index (κ3) is 5.53. The Balaban J connectivity index is 1.87. The molecule has 14 heteroatoms. The Kier molecular flexibility index (Phi) is 8.10. The molecule has 0 fully saturated rings. The van der Waals surface area contributed by atoms with E-state index in [1.807, 2.05) is 0 Å². The standard InChI is InChI=1S/C25H22ClF2N5O6/c1-12(34)22-23-24(31-20(9-27)30-22)33(25(36)32-23)16-8-19(18(7-14(16)26)39-11-21(35)29-2)38-10-13-15(28)5-4-6-17(13)37-3/h4-8H,9-11H2,1-3H3,(H,29,35)(H,32,36). The number of carbonyl (C=O) groups is 2. The lowest BCUT2D eigenvalue weighted by Gasteiger charge is -2.17. The molecule has 0 saturated heterocycles. The zero-order valence-corrected chi connectivity index (χ0v) is 21.7. The molecular weight excluding hydrogens is 540 g/mol. The monoisotopic (exact) mass is 561 g/mol. The minimum Gasteiger partial charge on any atom is -0.496 e. The van der Waals surface area contributed by atoms with Crippen LogP contribution in [0.1, 0.15) is 28.8 Å². The van der Waals surface area contributed by atoms with Crippen LogP contribution in [0.4, 0.5) is 8.78 Å². The number of hydrogen-bond acceptors (Lipinski definition) is 8. The smallest absolute Gasteiger partial charge is 0.332 e. The van der Waals surface area contributed by atoms with Gasteiger partial charge < -0.3 is 24.5 Å². The molecule has 11 nitrogen and oxygen atoms in total. The highest BCUT2D eigenvalue weighted by Crippen LogP contribution is 2.37. The molecule has 2 heterocycles. The van der Waals surface area contributed by atoms with Crippen molar-refractivity contribution >= 4 is 34.5 Å². The number of nitrogens with zero attached hydrogens (tertiary/aromatic N) is 3. The molecule has 0 aliphatic rings. The third-order valence-electron chi connectivity index (χ3n) is 5.60. The van der Waals surface area contributed by atoms with Gasteiger partial charge in [0.15, 0.2) is 35.4 Å². The van der Waals surface area contributed by atoms with E-state index >= 15 is 0 Å². The summed E-state index contributed by atoms with van der Waals surface area (Å²) in [7, 11) is 2.80. The van der Waals surface area contributed by atoms with Crippen molar-refractivity contribution in [2.45, 2.75) is 20.2 Å². The number of rotatable bonds is 10. The van der Waals surface area contributed by atoms with Crippen LogP contribution in [0.5, 0.6) is 17.2 Å². The van der Waals surface area contributed by atoms with Crippen LogP contribution in [0.15, 0.2) is 35.1 Å². The van der Waals surface area contributed by atoms with E-state index in [1.165, 1.54) is 45.3 Å². The van der Waals surface area contributed by atoms with Crippen LogP contribution in [0.2, 0.25) is 5.02 Å². The Bertz CT molecular complexity index is 1640. The largest absolute Gasteiger partial charge is 0.496 e. The molecule has 2 aromatic carbocycles. The fraction of sp³-hybridized carbons (Fsp3) is 0.240. The molecule has 0 aliphatic carbocycles. The number of amides is 1. The van der Waals surface area contributed by atoms with Gasteiger partial charge in [0, 0.05) is 26.1 Å². The number of carbonyl (C=O) groups excluding carboxylic acids is 2. The van der Waals surface area contributed by atoms with Gasteiger partial charge in [-0.1, -0.05) is 17.7 Å². The highest BCUT2D eigenvalue weighted by Gasteiger charge is 2.23. The molecule has 204 valence electrons. The second kappa shape index (κ2) is 11.5. The van der Waals surface area contributed by atoms with Gasteiger partial charge in [0.1, 0.15) is 36.1 Å². The number of H-pyrrole nitrogens is 1. The highest BCUT2D eigenvalue weighted by atomic mass is 35.5. The number of fused-ring (bicyclic) bond motifs is 1. The van der Waals surface area contributed by atoms with E-state index < -0.39 is 36.5 Å². The molecule has 2 aromatic heterocycles. The van der Waals surface area contributed by atoms with Crippen molar-refractivity contribution < 1.29 is 32.6 Å². The maximum absolute atomic E-state index is 14.5. The minimum atomic E-state index is -1.09. The summed E-state index contributed by atoms with van der Waals surface area (Å²) in [6.07, 6.45) is 0. The van der Waals surface area contributed by atoms with Crippen LogP contribution in [0.25, 0.3) is 16.9 Å². The summed E-state index contributed by atoms with van der Waals surface area (Å²) in [4.78, 5) is 47.4. The first-order valence-electron chi connectivity index (χ1n) is 11.4. The van der Waals surface area contributed by atoms with Gasteiger partial charge in [0.2, 0.25) is 0 Å². The average molecular weight is 562 g/mol. The fourth-order valence-corrected chi connectivity index (χ4v) is 3.96. The zero-order chi connectivity index (χ0) is 28.3. The molecule has 1 amide bonds. The molecular formula is C25H22ClF2N5O6. The number of nitrogens with one attached hydrogen (secondary N) is 2. The number of aromatic amines is 1. The number of ether oxygens (including phenoxy) is 3. The van der Waals surface area contributed by atoms with Gasteiger partial charge in [0.25, 0.3) is 5.91 Å². The average Bonchev–Trinajstić information content (AvgIpc) is 3.25. The summed E-state index contributed by atoms with van der Waals surface area (Å²) >= 11 is 6.51. The topological polar surface area (TPSA) is 137 Å².